The molecule has 0 saturated heterocycles. The number of pyridine rings is 1. The average Bonchev–Trinajstić information content (AvgIpc) is 2.38. The zero-order valence-corrected chi connectivity index (χ0v) is 11.8. The molecule has 0 atom stereocenters. The minimum absolute atomic E-state index is 0.0389. The lowest BCUT2D eigenvalue weighted by Crippen LogP contribution is -2.05. The van der Waals surface area contributed by atoms with E-state index in [4.69, 9.17) is 0 Å². The highest BCUT2D eigenvalue weighted by Crippen LogP contribution is 2.31. The summed E-state index contributed by atoms with van der Waals surface area (Å²) in [6.07, 6.45) is 2.78. The number of nitro groups is 1. The quantitative estimate of drug-likeness (QED) is 0.689. The maximum absolute atomic E-state index is 11.0. The van der Waals surface area contributed by atoms with Crippen molar-refractivity contribution in [2.75, 3.05) is 5.32 Å². The van der Waals surface area contributed by atoms with Gasteiger partial charge in [0, 0.05) is 12.7 Å². The topological polar surface area (TPSA) is 68.1 Å². The molecule has 5 nitrogen and oxygen atoms in total. The Labute approximate surface area is 119 Å². The van der Waals surface area contributed by atoms with Gasteiger partial charge in [-0.2, -0.15) is 0 Å². The van der Waals surface area contributed by atoms with E-state index >= 15 is 0 Å². The smallest absolute Gasteiger partial charge is 0.311 e. The lowest BCUT2D eigenvalue weighted by molar-refractivity contribution is -0.384. The van der Waals surface area contributed by atoms with Crippen LogP contribution in [0.15, 0.2) is 41.1 Å². The van der Waals surface area contributed by atoms with Crippen LogP contribution in [0.3, 0.4) is 0 Å². The van der Waals surface area contributed by atoms with Crippen LogP contribution in [0.1, 0.15) is 11.1 Å². The van der Waals surface area contributed by atoms with Crippen LogP contribution in [0.2, 0.25) is 0 Å². The third-order valence-electron chi connectivity index (χ3n) is 2.79. The SMILES string of the molecule is Cc1ccccc1CNc1c(Br)cncc1[N+](=O)[O-]. The monoisotopic (exact) mass is 321 g/mol. The van der Waals surface area contributed by atoms with E-state index < -0.39 is 4.92 Å². The number of anilines is 1. The number of hydrogen-bond donors (Lipinski definition) is 1. The normalized spacial score (nSPS) is 10.2. The summed E-state index contributed by atoms with van der Waals surface area (Å²) in [5, 5.41) is 14.0. The molecule has 0 unspecified atom stereocenters. The molecule has 1 aromatic carbocycles. The molecular weight excluding hydrogens is 310 g/mol. The summed E-state index contributed by atoms with van der Waals surface area (Å²) in [6.45, 7) is 2.53. The fourth-order valence-electron chi connectivity index (χ4n) is 1.73. The van der Waals surface area contributed by atoms with Gasteiger partial charge in [0.15, 0.2) is 0 Å². The Hall–Kier alpha value is -1.95. The number of aromatic nitrogens is 1. The van der Waals surface area contributed by atoms with E-state index in [0.717, 1.165) is 11.1 Å². The van der Waals surface area contributed by atoms with Crippen LogP contribution >= 0.6 is 15.9 Å². The molecule has 98 valence electrons. The average molecular weight is 322 g/mol. The molecule has 0 fully saturated rings. The number of aryl methyl sites for hydroxylation is 1. The lowest BCUT2D eigenvalue weighted by atomic mass is 10.1. The Balaban J connectivity index is 2.25. The molecule has 0 bridgehead atoms. The van der Waals surface area contributed by atoms with E-state index in [0.29, 0.717) is 16.7 Å². The van der Waals surface area contributed by atoms with Gasteiger partial charge in [-0.15, -0.1) is 0 Å². The van der Waals surface area contributed by atoms with Crippen molar-refractivity contribution < 1.29 is 4.92 Å². The van der Waals surface area contributed by atoms with Gasteiger partial charge in [-0.3, -0.25) is 15.1 Å². The van der Waals surface area contributed by atoms with E-state index in [-0.39, 0.29) is 5.69 Å². The van der Waals surface area contributed by atoms with Gasteiger partial charge in [-0.1, -0.05) is 24.3 Å². The van der Waals surface area contributed by atoms with Crippen molar-refractivity contribution in [3.8, 4) is 0 Å². The second kappa shape index (κ2) is 5.79. The van der Waals surface area contributed by atoms with Gasteiger partial charge in [0.2, 0.25) is 0 Å². The van der Waals surface area contributed by atoms with Crippen molar-refractivity contribution in [2.45, 2.75) is 13.5 Å². The molecule has 2 rings (SSSR count). The highest BCUT2D eigenvalue weighted by molar-refractivity contribution is 9.10. The second-order valence-electron chi connectivity index (χ2n) is 4.05. The molecule has 0 aliphatic heterocycles. The van der Waals surface area contributed by atoms with E-state index in [9.17, 15) is 10.1 Å². The zero-order chi connectivity index (χ0) is 13.8. The number of rotatable bonds is 4. The van der Waals surface area contributed by atoms with E-state index in [1.54, 1.807) is 0 Å². The lowest BCUT2D eigenvalue weighted by Gasteiger charge is -2.10. The molecule has 19 heavy (non-hydrogen) atoms. The number of halogens is 1. The summed E-state index contributed by atoms with van der Waals surface area (Å²) >= 11 is 3.28. The van der Waals surface area contributed by atoms with Gasteiger partial charge in [0.05, 0.1) is 9.40 Å². The van der Waals surface area contributed by atoms with Gasteiger partial charge >= 0.3 is 5.69 Å². The molecule has 2 aromatic rings. The van der Waals surface area contributed by atoms with Gasteiger partial charge in [0.25, 0.3) is 0 Å². The Kier molecular flexibility index (Phi) is 4.11. The van der Waals surface area contributed by atoms with Gasteiger partial charge in [0.1, 0.15) is 11.9 Å². The molecule has 6 heteroatoms. The second-order valence-corrected chi connectivity index (χ2v) is 4.91. The molecular formula is C13H12BrN3O2. The van der Waals surface area contributed by atoms with Crippen LogP contribution in [-0.4, -0.2) is 9.91 Å². The first-order valence-corrected chi connectivity index (χ1v) is 6.45. The Bertz CT molecular complexity index is 617. The standard InChI is InChI=1S/C13H12BrN3O2/c1-9-4-2-3-5-10(9)6-16-13-11(14)7-15-8-12(13)17(18)19/h2-5,7-8H,6H2,1H3,(H,15,16). The third-order valence-corrected chi connectivity index (χ3v) is 3.39. The van der Waals surface area contributed by atoms with Crippen LogP contribution < -0.4 is 5.32 Å². The molecule has 0 aliphatic carbocycles. The highest BCUT2D eigenvalue weighted by Gasteiger charge is 2.17. The molecule has 1 N–H and O–H groups in total. The summed E-state index contributed by atoms with van der Waals surface area (Å²) in [5.74, 6) is 0. The van der Waals surface area contributed by atoms with Crippen molar-refractivity contribution >= 4 is 27.3 Å². The van der Waals surface area contributed by atoms with Crippen molar-refractivity contribution in [3.05, 3.63) is 62.4 Å². The predicted octanol–water partition coefficient (Wildman–Crippen LogP) is 3.67. The van der Waals surface area contributed by atoms with Crippen LogP contribution in [0.4, 0.5) is 11.4 Å². The summed E-state index contributed by atoms with van der Waals surface area (Å²) < 4.78 is 0.579. The largest absolute Gasteiger partial charge is 0.374 e. The molecule has 0 radical (unpaired) electrons. The summed E-state index contributed by atoms with van der Waals surface area (Å²) in [7, 11) is 0. The Morgan fingerprint density at radius 2 is 2.11 bits per heavy atom. The van der Waals surface area contributed by atoms with Crippen molar-refractivity contribution in [1.82, 2.24) is 4.98 Å². The summed E-state index contributed by atoms with van der Waals surface area (Å²) in [4.78, 5) is 14.3. The highest BCUT2D eigenvalue weighted by atomic mass is 79.9. The maximum Gasteiger partial charge on any atom is 0.311 e. The predicted molar refractivity (Wildman–Crippen MR) is 77.1 cm³/mol. The van der Waals surface area contributed by atoms with Crippen molar-refractivity contribution in [2.24, 2.45) is 0 Å². The number of nitrogens with zero attached hydrogens (tertiary/aromatic N) is 2. The Morgan fingerprint density at radius 3 is 2.79 bits per heavy atom. The van der Waals surface area contributed by atoms with Gasteiger partial charge < -0.3 is 5.32 Å². The molecule has 0 saturated carbocycles. The van der Waals surface area contributed by atoms with Gasteiger partial charge in [-0.25, -0.2) is 0 Å². The fourth-order valence-corrected chi connectivity index (χ4v) is 2.19. The minimum atomic E-state index is -0.446. The molecule has 1 heterocycles. The summed E-state index contributed by atoms with van der Waals surface area (Å²) in [6, 6.07) is 7.90. The number of benzene rings is 1. The zero-order valence-electron chi connectivity index (χ0n) is 10.3. The maximum atomic E-state index is 11.0. The summed E-state index contributed by atoms with van der Waals surface area (Å²) in [5.41, 5.74) is 2.65. The van der Waals surface area contributed by atoms with Crippen molar-refractivity contribution in [3.63, 3.8) is 0 Å². The first-order valence-electron chi connectivity index (χ1n) is 5.66. The number of hydrogen-bond acceptors (Lipinski definition) is 4. The van der Waals surface area contributed by atoms with Gasteiger partial charge in [-0.05, 0) is 34.0 Å². The van der Waals surface area contributed by atoms with Crippen LogP contribution in [0.5, 0.6) is 0 Å². The minimum Gasteiger partial charge on any atom is -0.374 e. The number of nitrogens with one attached hydrogen (secondary N) is 1. The van der Waals surface area contributed by atoms with Crippen LogP contribution in [0.25, 0.3) is 0 Å². The first-order chi connectivity index (χ1) is 9.09. The molecule has 1 aromatic heterocycles. The fraction of sp³-hybridized carbons (Fsp3) is 0.154. The molecule has 0 spiro atoms. The van der Waals surface area contributed by atoms with E-state index in [1.807, 2.05) is 31.2 Å². The van der Waals surface area contributed by atoms with E-state index in [2.05, 4.69) is 26.2 Å². The van der Waals surface area contributed by atoms with Crippen molar-refractivity contribution in [1.29, 1.82) is 0 Å². The van der Waals surface area contributed by atoms with Crippen LogP contribution in [-0.2, 0) is 6.54 Å². The molecule has 0 aliphatic rings. The third kappa shape index (κ3) is 3.08. The Morgan fingerprint density at radius 1 is 1.37 bits per heavy atom. The molecule has 0 amide bonds. The van der Waals surface area contributed by atoms with E-state index in [1.165, 1.54) is 12.4 Å². The first kappa shape index (κ1) is 13.5. The van der Waals surface area contributed by atoms with Crippen LogP contribution in [0, 0.1) is 17.0 Å².